The van der Waals surface area contributed by atoms with Crippen molar-refractivity contribution in [2.75, 3.05) is 26.2 Å². The van der Waals surface area contributed by atoms with Crippen LogP contribution in [-0.4, -0.2) is 41.9 Å². The first-order valence-corrected chi connectivity index (χ1v) is 9.98. The second kappa shape index (κ2) is 9.56. The van der Waals surface area contributed by atoms with Crippen LogP contribution in [0.3, 0.4) is 0 Å². The van der Waals surface area contributed by atoms with Gasteiger partial charge in [-0.3, -0.25) is 9.69 Å². The molecule has 0 saturated carbocycles. The van der Waals surface area contributed by atoms with Gasteiger partial charge in [0.1, 0.15) is 12.4 Å². The highest BCUT2D eigenvalue weighted by Crippen LogP contribution is 2.25. The maximum atomic E-state index is 12.8. The summed E-state index contributed by atoms with van der Waals surface area (Å²) < 4.78 is 5.90. The average molecular weight is 367 g/mol. The summed E-state index contributed by atoms with van der Waals surface area (Å²) in [6.45, 7) is 9.21. The van der Waals surface area contributed by atoms with Crippen molar-refractivity contribution < 1.29 is 9.53 Å². The number of carbonyl (C=O) groups is 1. The lowest BCUT2D eigenvalue weighted by molar-refractivity contribution is -0.131. The minimum absolute atomic E-state index is 0.199. The smallest absolute Gasteiger partial charge is 0.223 e. The Balaban J connectivity index is 1.66. The second-order valence-corrected chi connectivity index (χ2v) is 7.05. The molecule has 1 heterocycles. The summed E-state index contributed by atoms with van der Waals surface area (Å²) in [5.74, 6) is 1.11. The Hall–Kier alpha value is -2.33. The third-order valence-corrected chi connectivity index (χ3v) is 5.23. The molecule has 0 spiro atoms. The van der Waals surface area contributed by atoms with E-state index in [0.29, 0.717) is 26.1 Å². The van der Waals surface area contributed by atoms with Gasteiger partial charge in [0.15, 0.2) is 0 Å². The molecular formula is C23H30N2O2. The van der Waals surface area contributed by atoms with Gasteiger partial charge in [-0.1, -0.05) is 50.2 Å². The molecule has 1 aliphatic heterocycles. The Bertz CT molecular complexity index is 741. The van der Waals surface area contributed by atoms with Crippen LogP contribution in [0.25, 0.3) is 0 Å². The van der Waals surface area contributed by atoms with Crippen molar-refractivity contribution in [1.29, 1.82) is 0 Å². The van der Waals surface area contributed by atoms with Crippen molar-refractivity contribution in [2.45, 2.75) is 39.8 Å². The van der Waals surface area contributed by atoms with E-state index in [2.05, 4.69) is 49.1 Å². The van der Waals surface area contributed by atoms with E-state index >= 15 is 0 Å². The Morgan fingerprint density at radius 1 is 1.07 bits per heavy atom. The summed E-state index contributed by atoms with van der Waals surface area (Å²) in [6, 6.07) is 16.6. The Kier molecular flexibility index (Phi) is 6.88. The molecule has 2 aromatic carbocycles. The van der Waals surface area contributed by atoms with Gasteiger partial charge in [0.25, 0.3) is 0 Å². The SMILES string of the molecule is CCN(CC)Cc1ccc2c(c1)CN(C(=O)CCc1ccccc1)CCO2. The minimum atomic E-state index is 0.199. The lowest BCUT2D eigenvalue weighted by atomic mass is 10.1. The topological polar surface area (TPSA) is 32.8 Å². The average Bonchev–Trinajstić information content (AvgIpc) is 2.93. The summed E-state index contributed by atoms with van der Waals surface area (Å²) in [7, 11) is 0. The summed E-state index contributed by atoms with van der Waals surface area (Å²) >= 11 is 0. The molecule has 0 fully saturated rings. The Labute approximate surface area is 162 Å². The van der Waals surface area contributed by atoms with Crippen LogP contribution in [0.15, 0.2) is 48.5 Å². The number of amides is 1. The molecule has 1 amide bonds. The van der Waals surface area contributed by atoms with Crippen LogP contribution in [0.4, 0.5) is 0 Å². The summed E-state index contributed by atoms with van der Waals surface area (Å²) in [5, 5.41) is 0. The quantitative estimate of drug-likeness (QED) is 0.745. The van der Waals surface area contributed by atoms with Crippen molar-refractivity contribution in [3.63, 3.8) is 0 Å². The van der Waals surface area contributed by atoms with E-state index in [4.69, 9.17) is 4.74 Å². The summed E-state index contributed by atoms with van der Waals surface area (Å²) in [4.78, 5) is 17.1. The molecule has 4 heteroatoms. The van der Waals surface area contributed by atoms with E-state index in [1.165, 1.54) is 11.1 Å². The van der Waals surface area contributed by atoms with Gasteiger partial charge in [-0.15, -0.1) is 0 Å². The first-order chi connectivity index (χ1) is 13.2. The van der Waals surface area contributed by atoms with E-state index in [9.17, 15) is 4.79 Å². The fraction of sp³-hybridized carbons (Fsp3) is 0.435. The third-order valence-electron chi connectivity index (χ3n) is 5.23. The molecule has 144 valence electrons. The van der Waals surface area contributed by atoms with Crippen molar-refractivity contribution in [3.05, 3.63) is 65.2 Å². The van der Waals surface area contributed by atoms with Gasteiger partial charge in [0.2, 0.25) is 5.91 Å². The molecule has 0 aromatic heterocycles. The highest BCUT2D eigenvalue weighted by molar-refractivity contribution is 5.76. The van der Waals surface area contributed by atoms with Gasteiger partial charge in [-0.25, -0.2) is 0 Å². The van der Waals surface area contributed by atoms with Crippen LogP contribution in [0.2, 0.25) is 0 Å². The van der Waals surface area contributed by atoms with Gasteiger partial charge in [-0.05, 0) is 42.8 Å². The molecular weight excluding hydrogens is 336 g/mol. The molecule has 0 aliphatic carbocycles. The van der Waals surface area contributed by atoms with Crippen molar-refractivity contribution >= 4 is 5.91 Å². The Morgan fingerprint density at radius 2 is 1.85 bits per heavy atom. The molecule has 27 heavy (non-hydrogen) atoms. The number of aryl methyl sites for hydroxylation is 1. The number of rotatable bonds is 7. The molecule has 0 unspecified atom stereocenters. The van der Waals surface area contributed by atoms with E-state index in [1.54, 1.807) is 0 Å². The zero-order valence-corrected chi connectivity index (χ0v) is 16.5. The fourth-order valence-electron chi connectivity index (χ4n) is 3.52. The first-order valence-electron chi connectivity index (χ1n) is 9.98. The van der Waals surface area contributed by atoms with E-state index < -0.39 is 0 Å². The highest BCUT2D eigenvalue weighted by Gasteiger charge is 2.20. The van der Waals surface area contributed by atoms with Gasteiger partial charge < -0.3 is 9.64 Å². The summed E-state index contributed by atoms with van der Waals surface area (Å²) in [5.41, 5.74) is 3.60. The van der Waals surface area contributed by atoms with Crippen LogP contribution >= 0.6 is 0 Å². The molecule has 4 nitrogen and oxygen atoms in total. The third kappa shape index (κ3) is 5.33. The number of fused-ring (bicyclic) bond motifs is 1. The van der Waals surface area contributed by atoms with E-state index in [0.717, 1.165) is 37.4 Å². The van der Waals surface area contributed by atoms with Gasteiger partial charge in [0, 0.05) is 25.1 Å². The fourth-order valence-corrected chi connectivity index (χ4v) is 3.52. The van der Waals surface area contributed by atoms with Crippen LogP contribution in [0.5, 0.6) is 5.75 Å². The van der Waals surface area contributed by atoms with Gasteiger partial charge in [0.05, 0.1) is 6.54 Å². The van der Waals surface area contributed by atoms with Crippen LogP contribution in [0.1, 0.15) is 37.0 Å². The number of hydrogen-bond donors (Lipinski definition) is 0. The normalized spacial score (nSPS) is 13.8. The number of benzene rings is 2. The lowest BCUT2D eigenvalue weighted by Crippen LogP contribution is -2.32. The van der Waals surface area contributed by atoms with Crippen molar-refractivity contribution in [2.24, 2.45) is 0 Å². The predicted molar refractivity (Wildman–Crippen MR) is 109 cm³/mol. The zero-order chi connectivity index (χ0) is 19.1. The number of nitrogens with zero attached hydrogens (tertiary/aromatic N) is 2. The summed E-state index contributed by atoms with van der Waals surface area (Å²) in [6.07, 6.45) is 1.32. The van der Waals surface area contributed by atoms with Crippen molar-refractivity contribution in [1.82, 2.24) is 9.80 Å². The monoisotopic (exact) mass is 366 g/mol. The molecule has 2 aromatic rings. The lowest BCUT2D eigenvalue weighted by Gasteiger charge is -2.21. The first kappa shape index (κ1) is 19.4. The van der Waals surface area contributed by atoms with Gasteiger partial charge in [-0.2, -0.15) is 0 Å². The number of hydrogen-bond acceptors (Lipinski definition) is 3. The number of carbonyl (C=O) groups excluding carboxylic acids is 1. The zero-order valence-electron chi connectivity index (χ0n) is 16.5. The van der Waals surface area contributed by atoms with E-state index in [-0.39, 0.29) is 5.91 Å². The molecule has 0 saturated heterocycles. The highest BCUT2D eigenvalue weighted by atomic mass is 16.5. The molecule has 0 radical (unpaired) electrons. The number of ether oxygens (including phenoxy) is 1. The van der Waals surface area contributed by atoms with Crippen LogP contribution in [-0.2, 0) is 24.3 Å². The molecule has 0 N–H and O–H groups in total. The standard InChI is InChI=1S/C23H30N2O2/c1-3-24(4-2)17-20-10-12-22-21(16-20)18-25(14-15-27-22)23(26)13-11-19-8-6-5-7-9-19/h5-10,12,16H,3-4,11,13-15,17-18H2,1-2H3. The van der Waals surface area contributed by atoms with Gasteiger partial charge >= 0.3 is 0 Å². The largest absolute Gasteiger partial charge is 0.491 e. The molecule has 0 atom stereocenters. The second-order valence-electron chi connectivity index (χ2n) is 7.05. The predicted octanol–water partition coefficient (Wildman–Crippen LogP) is 3.88. The van der Waals surface area contributed by atoms with Crippen molar-refractivity contribution in [3.8, 4) is 5.75 Å². The minimum Gasteiger partial charge on any atom is -0.491 e. The molecule has 1 aliphatic rings. The van der Waals surface area contributed by atoms with Crippen LogP contribution in [0, 0.1) is 0 Å². The molecule has 3 rings (SSSR count). The van der Waals surface area contributed by atoms with Crippen LogP contribution < -0.4 is 4.74 Å². The maximum Gasteiger partial charge on any atom is 0.223 e. The van der Waals surface area contributed by atoms with E-state index in [1.807, 2.05) is 23.1 Å². The maximum absolute atomic E-state index is 12.8. The Morgan fingerprint density at radius 3 is 2.59 bits per heavy atom. The molecule has 0 bridgehead atoms.